The van der Waals surface area contributed by atoms with Crippen molar-refractivity contribution in [2.75, 3.05) is 6.61 Å². The SMILES string of the molecule is CCOC(=O)C12C=CC(=O)C1C1C=CC2C1. The molecule has 0 heterocycles. The normalized spacial score (nSPS) is 42.8. The maximum atomic E-state index is 12.1. The van der Waals surface area contributed by atoms with Gasteiger partial charge in [0, 0.05) is 5.92 Å². The first-order valence-corrected chi connectivity index (χ1v) is 5.78. The Balaban J connectivity index is 2.04. The van der Waals surface area contributed by atoms with Gasteiger partial charge in [0.1, 0.15) is 5.41 Å². The summed E-state index contributed by atoms with van der Waals surface area (Å²) >= 11 is 0. The van der Waals surface area contributed by atoms with Crippen LogP contribution in [0.1, 0.15) is 13.3 Å². The molecule has 4 atom stereocenters. The van der Waals surface area contributed by atoms with Crippen LogP contribution in [0.4, 0.5) is 0 Å². The van der Waals surface area contributed by atoms with Gasteiger partial charge in [0.2, 0.25) is 0 Å². The van der Waals surface area contributed by atoms with Crippen LogP contribution in [0.15, 0.2) is 24.3 Å². The van der Waals surface area contributed by atoms with Gasteiger partial charge in [-0.25, -0.2) is 0 Å². The number of hydrogen-bond donors (Lipinski definition) is 0. The third-order valence-electron chi connectivity index (χ3n) is 4.13. The Labute approximate surface area is 94.2 Å². The number of allylic oxidation sites excluding steroid dienone is 3. The van der Waals surface area contributed by atoms with E-state index in [2.05, 4.69) is 12.2 Å². The summed E-state index contributed by atoms with van der Waals surface area (Å²) in [6.45, 7) is 2.17. The van der Waals surface area contributed by atoms with Crippen LogP contribution in [0, 0.1) is 23.2 Å². The molecule has 0 spiro atoms. The molecule has 2 bridgehead atoms. The van der Waals surface area contributed by atoms with Crippen molar-refractivity contribution in [3.63, 3.8) is 0 Å². The molecular weight excluding hydrogens is 204 g/mol. The Hall–Kier alpha value is -1.38. The lowest BCUT2D eigenvalue weighted by Gasteiger charge is -2.32. The number of carbonyl (C=O) groups excluding carboxylic acids is 2. The first kappa shape index (κ1) is 9.82. The van der Waals surface area contributed by atoms with Crippen molar-refractivity contribution >= 4 is 11.8 Å². The summed E-state index contributed by atoms with van der Waals surface area (Å²) in [5, 5.41) is 0. The predicted molar refractivity (Wildman–Crippen MR) is 57.4 cm³/mol. The summed E-state index contributed by atoms with van der Waals surface area (Å²) in [6, 6.07) is 0. The zero-order chi connectivity index (χ0) is 11.3. The molecule has 0 saturated heterocycles. The lowest BCUT2D eigenvalue weighted by molar-refractivity contribution is -0.157. The van der Waals surface area contributed by atoms with Gasteiger partial charge in [-0.15, -0.1) is 0 Å². The highest BCUT2D eigenvalue weighted by Gasteiger charge is 2.64. The van der Waals surface area contributed by atoms with Crippen LogP contribution >= 0.6 is 0 Å². The highest BCUT2D eigenvalue weighted by Crippen LogP contribution is 2.60. The molecule has 3 rings (SSSR count). The summed E-state index contributed by atoms with van der Waals surface area (Å²) in [5.41, 5.74) is -0.674. The van der Waals surface area contributed by atoms with E-state index in [1.807, 2.05) is 0 Å². The van der Waals surface area contributed by atoms with Gasteiger partial charge in [-0.05, 0) is 31.3 Å². The predicted octanol–water partition coefficient (Wildman–Crippen LogP) is 1.50. The highest BCUT2D eigenvalue weighted by molar-refractivity contribution is 6.03. The zero-order valence-electron chi connectivity index (χ0n) is 9.18. The Morgan fingerprint density at radius 1 is 1.56 bits per heavy atom. The Bertz CT molecular complexity index is 421. The quantitative estimate of drug-likeness (QED) is 0.521. The van der Waals surface area contributed by atoms with Crippen molar-refractivity contribution in [2.24, 2.45) is 23.2 Å². The van der Waals surface area contributed by atoms with Crippen molar-refractivity contribution in [3.8, 4) is 0 Å². The van der Waals surface area contributed by atoms with E-state index < -0.39 is 5.41 Å². The highest BCUT2D eigenvalue weighted by atomic mass is 16.5. The minimum absolute atomic E-state index is 0.0879. The van der Waals surface area contributed by atoms with E-state index in [4.69, 9.17) is 4.74 Å². The average Bonchev–Trinajstić information content (AvgIpc) is 2.90. The number of carbonyl (C=O) groups is 2. The van der Waals surface area contributed by atoms with E-state index in [1.54, 1.807) is 19.1 Å². The van der Waals surface area contributed by atoms with Crippen molar-refractivity contribution in [2.45, 2.75) is 13.3 Å². The molecule has 3 nitrogen and oxygen atoms in total. The molecule has 3 aliphatic carbocycles. The Morgan fingerprint density at radius 2 is 2.38 bits per heavy atom. The topological polar surface area (TPSA) is 43.4 Å². The molecule has 3 heteroatoms. The average molecular weight is 218 g/mol. The standard InChI is InChI=1S/C13H14O3/c1-2-16-12(15)13-6-5-10(14)11(13)8-3-4-9(13)7-8/h3-6,8-9,11H,2,7H2,1H3. The lowest BCUT2D eigenvalue weighted by Crippen LogP contribution is -2.41. The molecule has 4 unspecified atom stereocenters. The fraction of sp³-hybridized carbons (Fsp3) is 0.538. The fourth-order valence-electron chi connectivity index (χ4n) is 3.51. The van der Waals surface area contributed by atoms with E-state index in [9.17, 15) is 9.59 Å². The first-order valence-electron chi connectivity index (χ1n) is 5.78. The van der Waals surface area contributed by atoms with Crippen LogP contribution in [0.25, 0.3) is 0 Å². The number of fused-ring (bicyclic) bond motifs is 5. The fourth-order valence-corrected chi connectivity index (χ4v) is 3.51. The summed E-state index contributed by atoms with van der Waals surface area (Å²) in [7, 11) is 0. The molecule has 3 aliphatic rings. The van der Waals surface area contributed by atoms with Gasteiger partial charge < -0.3 is 4.74 Å². The third kappa shape index (κ3) is 0.938. The van der Waals surface area contributed by atoms with Crippen molar-refractivity contribution < 1.29 is 14.3 Å². The molecule has 0 aromatic carbocycles. The summed E-state index contributed by atoms with van der Waals surface area (Å²) in [5.74, 6) is 0.0616. The van der Waals surface area contributed by atoms with E-state index >= 15 is 0 Å². The summed E-state index contributed by atoms with van der Waals surface area (Å²) < 4.78 is 5.16. The number of rotatable bonds is 2. The van der Waals surface area contributed by atoms with Crippen LogP contribution < -0.4 is 0 Å². The van der Waals surface area contributed by atoms with E-state index in [0.29, 0.717) is 6.61 Å². The number of esters is 1. The molecule has 0 radical (unpaired) electrons. The molecule has 84 valence electrons. The number of hydrogen-bond acceptors (Lipinski definition) is 3. The van der Waals surface area contributed by atoms with Gasteiger partial charge in [-0.1, -0.05) is 18.2 Å². The second-order valence-corrected chi connectivity index (χ2v) is 4.76. The first-order chi connectivity index (χ1) is 7.70. The second kappa shape index (κ2) is 3.06. The molecule has 1 saturated carbocycles. The van der Waals surface area contributed by atoms with Gasteiger partial charge in [-0.2, -0.15) is 0 Å². The molecule has 0 aromatic rings. The monoisotopic (exact) mass is 218 g/mol. The van der Waals surface area contributed by atoms with Crippen LogP contribution in [-0.4, -0.2) is 18.4 Å². The largest absolute Gasteiger partial charge is 0.465 e. The molecule has 16 heavy (non-hydrogen) atoms. The second-order valence-electron chi connectivity index (χ2n) is 4.76. The molecule has 0 aliphatic heterocycles. The Morgan fingerprint density at radius 3 is 3.12 bits per heavy atom. The van der Waals surface area contributed by atoms with Gasteiger partial charge >= 0.3 is 5.97 Å². The van der Waals surface area contributed by atoms with Gasteiger partial charge in [0.15, 0.2) is 5.78 Å². The third-order valence-corrected chi connectivity index (χ3v) is 4.13. The van der Waals surface area contributed by atoms with Crippen molar-refractivity contribution in [3.05, 3.63) is 24.3 Å². The van der Waals surface area contributed by atoms with Crippen LogP contribution in [0.5, 0.6) is 0 Å². The lowest BCUT2D eigenvalue weighted by atomic mass is 9.70. The summed E-state index contributed by atoms with van der Waals surface area (Å²) in [4.78, 5) is 24.0. The van der Waals surface area contributed by atoms with Gasteiger partial charge in [0.25, 0.3) is 0 Å². The van der Waals surface area contributed by atoms with Crippen LogP contribution in [0.2, 0.25) is 0 Å². The van der Waals surface area contributed by atoms with E-state index in [1.165, 1.54) is 0 Å². The smallest absolute Gasteiger partial charge is 0.317 e. The van der Waals surface area contributed by atoms with Crippen LogP contribution in [0.3, 0.4) is 0 Å². The molecule has 1 fully saturated rings. The summed E-state index contributed by atoms with van der Waals surface area (Å²) in [6.07, 6.45) is 8.41. The molecule has 0 aromatic heterocycles. The maximum Gasteiger partial charge on any atom is 0.317 e. The van der Waals surface area contributed by atoms with E-state index in [-0.39, 0.29) is 29.5 Å². The number of ether oxygens (including phenoxy) is 1. The zero-order valence-corrected chi connectivity index (χ0v) is 9.18. The number of ketones is 1. The van der Waals surface area contributed by atoms with Gasteiger partial charge in [-0.3, -0.25) is 9.59 Å². The maximum absolute atomic E-state index is 12.1. The molecule has 0 N–H and O–H groups in total. The van der Waals surface area contributed by atoms with Crippen LogP contribution in [-0.2, 0) is 14.3 Å². The minimum atomic E-state index is -0.674. The molecular formula is C13H14O3. The van der Waals surface area contributed by atoms with Gasteiger partial charge in [0.05, 0.1) is 6.61 Å². The van der Waals surface area contributed by atoms with Crippen molar-refractivity contribution in [1.29, 1.82) is 0 Å². The van der Waals surface area contributed by atoms with E-state index in [0.717, 1.165) is 6.42 Å². The molecule has 0 amide bonds. The minimum Gasteiger partial charge on any atom is -0.465 e. The van der Waals surface area contributed by atoms with Crippen molar-refractivity contribution in [1.82, 2.24) is 0 Å². The Kier molecular flexibility index (Phi) is 1.88.